The zero-order valence-corrected chi connectivity index (χ0v) is 10.2. The fourth-order valence-electron chi connectivity index (χ4n) is 1.69. The molecule has 0 aliphatic heterocycles. The van der Waals surface area contributed by atoms with Gasteiger partial charge in [0.15, 0.2) is 0 Å². The van der Waals surface area contributed by atoms with Crippen LogP contribution in [0.3, 0.4) is 0 Å². The summed E-state index contributed by atoms with van der Waals surface area (Å²) >= 11 is 0. The number of hydrogen-bond acceptors (Lipinski definition) is 2. The van der Waals surface area contributed by atoms with Gasteiger partial charge in [0.25, 0.3) is 0 Å². The fourth-order valence-corrected chi connectivity index (χ4v) is 1.69. The maximum Gasteiger partial charge on any atom is 0.0608 e. The van der Waals surface area contributed by atoms with Crippen molar-refractivity contribution in [3.63, 3.8) is 0 Å². The molecule has 1 fully saturated rings. The monoisotopic (exact) mass is 222 g/mol. The Morgan fingerprint density at radius 1 is 1.50 bits per heavy atom. The summed E-state index contributed by atoms with van der Waals surface area (Å²) in [5, 5.41) is 13.1. The van der Waals surface area contributed by atoms with E-state index < -0.39 is 5.60 Å². The average Bonchev–Trinajstić information content (AvgIpc) is 2.91. The number of aliphatic hydroxyl groups is 1. The largest absolute Gasteiger partial charge is 0.390 e. The van der Waals surface area contributed by atoms with Crippen LogP contribution < -0.4 is 5.32 Å². The molecule has 0 aromatic carbocycles. The van der Waals surface area contributed by atoms with Crippen molar-refractivity contribution in [3.8, 4) is 0 Å². The lowest BCUT2D eigenvalue weighted by Gasteiger charge is -2.16. The van der Waals surface area contributed by atoms with Gasteiger partial charge in [-0.15, -0.1) is 0 Å². The average molecular weight is 222 g/mol. The van der Waals surface area contributed by atoms with Gasteiger partial charge in [0, 0.05) is 31.5 Å². The molecule has 1 aromatic rings. The Morgan fingerprint density at radius 2 is 2.25 bits per heavy atom. The van der Waals surface area contributed by atoms with Gasteiger partial charge in [0.2, 0.25) is 0 Å². The first-order valence-electron chi connectivity index (χ1n) is 6.13. The van der Waals surface area contributed by atoms with E-state index in [1.54, 1.807) is 0 Å². The number of hydrogen-bond donors (Lipinski definition) is 2. The van der Waals surface area contributed by atoms with Crippen LogP contribution in [-0.4, -0.2) is 21.3 Å². The van der Waals surface area contributed by atoms with E-state index in [4.69, 9.17) is 0 Å². The molecule has 1 heterocycles. The van der Waals surface area contributed by atoms with E-state index in [1.165, 1.54) is 18.4 Å². The summed E-state index contributed by atoms with van der Waals surface area (Å²) in [5.41, 5.74) is 0.763. The van der Waals surface area contributed by atoms with E-state index >= 15 is 0 Å². The van der Waals surface area contributed by atoms with Crippen molar-refractivity contribution < 1.29 is 5.11 Å². The highest BCUT2D eigenvalue weighted by Crippen LogP contribution is 2.19. The van der Waals surface area contributed by atoms with Gasteiger partial charge in [-0.2, -0.15) is 0 Å². The van der Waals surface area contributed by atoms with E-state index in [2.05, 4.69) is 28.3 Å². The Bertz CT molecular complexity index is 334. The van der Waals surface area contributed by atoms with Crippen LogP contribution in [0.2, 0.25) is 0 Å². The maximum atomic E-state index is 9.64. The summed E-state index contributed by atoms with van der Waals surface area (Å²) in [6.07, 6.45) is 7.72. The number of aromatic nitrogens is 1. The summed E-state index contributed by atoms with van der Waals surface area (Å²) in [7, 11) is 0. The molecule has 0 unspecified atom stereocenters. The summed E-state index contributed by atoms with van der Waals surface area (Å²) in [6.45, 7) is 5.56. The van der Waals surface area contributed by atoms with Gasteiger partial charge < -0.3 is 15.0 Å². The summed E-state index contributed by atoms with van der Waals surface area (Å²) in [4.78, 5) is 0. The molecule has 90 valence electrons. The van der Waals surface area contributed by atoms with E-state index in [0.717, 1.165) is 25.6 Å². The molecule has 1 aliphatic rings. The molecule has 0 atom stereocenters. The van der Waals surface area contributed by atoms with Crippen LogP contribution in [0.15, 0.2) is 18.5 Å². The third kappa shape index (κ3) is 3.99. The van der Waals surface area contributed by atoms with Gasteiger partial charge >= 0.3 is 0 Å². The Labute approximate surface area is 97.5 Å². The van der Waals surface area contributed by atoms with Crippen molar-refractivity contribution in [2.75, 3.05) is 0 Å². The van der Waals surface area contributed by atoms with Crippen molar-refractivity contribution in [3.05, 3.63) is 24.0 Å². The molecule has 3 heteroatoms. The zero-order chi connectivity index (χ0) is 11.6. The predicted molar refractivity (Wildman–Crippen MR) is 65.2 cm³/mol. The highest BCUT2D eigenvalue weighted by Gasteiger charge is 2.20. The van der Waals surface area contributed by atoms with Gasteiger partial charge in [0.1, 0.15) is 0 Å². The van der Waals surface area contributed by atoms with Crippen LogP contribution in [-0.2, 0) is 13.1 Å². The van der Waals surface area contributed by atoms with Gasteiger partial charge in [-0.05, 0) is 44.7 Å². The Hall–Kier alpha value is -0.800. The topological polar surface area (TPSA) is 37.2 Å². The smallest absolute Gasteiger partial charge is 0.0608 e. The molecule has 0 amide bonds. The van der Waals surface area contributed by atoms with E-state index in [9.17, 15) is 5.11 Å². The van der Waals surface area contributed by atoms with E-state index in [-0.39, 0.29) is 0 Å². The summed E-state index contributed by atoms with van der Waals surface area (Å²) in [6, 6.07) is 2.92. The minimum absolute atomic E-state index is 0.573. The standard InChI is InChI=1S/C13H22N2O/c1-13(2,16)6-8-15-7-5-11(10-15)9-14-12-3-4-12/h5,7,10,12,14,16H,3-4,6,8-9H2,1-2H3. The highest BCUT2D eigenvalue weighted by atomic mass is 16.3. The Kier molecular flexibility index (Phi) is 3.36. The molecule has 3 nitrogen and oxygen atoms in total. The number of nitrogens with one attached hydrogen (secondary N) is 1. The lowest BCUT2D eigenvalue weighted by molar-refractivity contribution is 0.0662. The highest BCUT2D eigenvalue weighted by molar-refractivity contribution is 5.10. The molecule has 1 aromatic heterocycles. The van der Waals surface area contributed by atoms with Gasteiger partial charge in [0.05, 0.1) is 5.60 Å². The fraction of sp³-hybridized carbons (Fsp3) is 0.692. The van der Waals surface area contributed by atoms with Crippen LogP contribution in [0.5, 0.6) is 0 Å². The number of rotatable bonds is 6. The molecule has 2 N–H and O–H groups in total. The van der Waals surface area contributed by atoms with Crippen LogP contribution >= 0.6 is 0 Å². The molecule has 0 saturated heterocycles. The first kappa shape index (κ1) is 11.7. The summed E-state index contributed by atoms with van der Waals surface area (Å²) < 4.78 is 2.15. The van der Waals surface area contributed by atoms with Gasteiger partial charge in [-0.25, -0.2) is 0 Å². The second-order valence-corrected chi connectivity index (χ2v) is 5.48. The third-order valence-corrected chi connectivity index (χ3v) is 2.97. The molecule has 1 aliphatic carbocycles. The van der Waals surface area contributed by atoms with Crippen LogP contribution in [0.4, 0.5) is 0 Å². The summed E-state index contributed by atoms with van der Waals surface area (Å²) in [5.74, 6) is 0. The molecule has 2 rings (SSSR count). The van der Waals surface area contributed by atoms with Crippen LogP contribution in [0.1, 0.15) is 38.7 Å². The molecular formula is C13H22N2O. The minimum Gasteiger partial charge on any atom is -0.390 e. The van der Waals surface area contributed by atoms with Gasteiger partial charge in [-0.3, -0.25) is 0 Å². The quantitative estimate of drug-likeness (QED) is 0.771. The second-order valence-electron chi connectivity index (χ2n) is 5.48. The van der Waals surface area contributed by atoms with Gasteiger partial charge in [-0.1, -0.05) is 0 Å². The normalized spacial score (nSPS) is 16.7. The lowest BCUT2D eigenvalue weighted by atomic mass is 10.1. The molecule has 0 bridgehead atoms. The van der Waals surface area contributed by atoms with Crippen molar-refractivity contribution in [1.29, 1.82) is 0 Å². The van der Waals surface area contributed by atoms with Crippen molar-refractivity contribution in [1.82, 2.24) is 9.88 Å². The van der Waals surface area contributed by atoms with Crippen LogP contribution in [0.25, 0.3) is 0 Å². The first-order chi connectivity index (χ1) is 7.53. The molecule has 0 spiro atoms. The number of aryl methyl sites for hydroxylation is 1. The molecule has 0 radical (unpaired) electrons. The Morgan fingerprint density at radius 3 is 2.88 bits per heavy atom. The molecular weight excluding hydrogens is 200 g/mol. The van der Waals surface area contributed by atoms with E-state index in [0.29, 0.717) is 0 Å². The van der Waals surface area contributed by atoms with E-state index in [1.807, 2.05) is 13.8 Å². The molecule has 16 heavy (non-hydrogen) atoms. The third-order valence-electron chi connectivity index (χ3n) is 2.97. The Balaban J connectivity index is 1.77. The maximum absolute atomic E-state index is 9.64. The second kappa shape index (κ2) is 4.60. The van der Waals surface area contributed by atoms with Crippen molar-refractivity contribution in [2.24, 2.45) is 0 Å². The first-order valence-corrected chi connectivity index (χ1v) is 6.13. The number of nitrogens with zero attached hydrogens (tertiary/aromatic N) is 1. The zero-order valence-electron chi connectivity index (χ0n) is 10.2. The molecule has 1 saturated carbocycles. The predicted octanol–water partition coefficient (Wildman–Crippen LogP) is 1.90. The van der Waals surface area contributed by atoms with Crippen LogP contribution in [0, 0.1) is 0 Å². The minimum atomic E-state index is -0.573. The SMILES string of the molecule is CC(C)(O)CCn1ccc(CNC2CC2)c1. The van der Waals surface area contributed by atoms with Crippen molar-refractivity contribution >= 4 is 0 Å². The lowest BCUT2D eigenvalue weighted by Crippen LogP contribution is -2.20. The van der Waals surface area contributed by atoms with Crippen molar-refractivity contribution in [2.45, 2.75) is 57.8 Å².